The molecule has 0 atom stereocenters. The monoisotopic (exact) mass is 347 g/mol. The number of piperidine rings is 1. The van der Waals surface area contributed by atoms with Gasteiger partial charge in [-0.15, -0.1) is 0 Å². The Labute approximate surface area is 143 Å². The van der Waals surface area contributed by atoms with Crippen LogP contribution >= 0.6 is 0 Å². The molecule has 6 nitrogen and oxygen atoms in total. The second kappa shape index (κ2) is 6.18. The molecule has 132 valence electrons. The molecule has 1 aliphatic rings. The van der Waals surface area contributed by atoms with E-state index in [9.17, 15) is 8.78 Å². The lowest BCUT2D eigenvalue weighted by molar-refractivity contribution is -0.0993. The predicted molar refractivity (Wildman–Crippen MR) is 86.5 cm³/mol. The number of nitrogens with zero attached hydrogens (tertiary/aromatic N) is 4. The van der Waals surface area contributed by atoms with E-state index in [0.29, 0.717) is 31.6 Å². The van der Waals surface area contributed by atoms with Crippen molar-refractivity contribution in [1.82, 2.24) is 24.8 Å². The molecule has 1 fully saturated rings. The van der Waals surface area contributed by atoms with Gasteiger partial charge in [0.05, 0.1) is 12.1 Å². The Balaban J connectivity index is 1.55. The van der Waals surface area contributed by atoms with Gasteiger partial charge in [0.15, 0.2) is 5.82 Å². The van der Waals surface area contributed by atoms with Gasteiger partial charge in [-0.25, -0.2) is 4.98 Å². The van der Waals surface area contributed by atoms with Crippen LogP contribution in [0.3, 0.4) is 0 Å². The Bertz CT molecular complexity index is 882. The fraction of sp³-hybridized carbons (Fsp3) is 0.471. The van der Waals surface area contributed by atoms with Crippen molar-refractivity contribution < 1.29 is 13.3 Å². The third kappa shape index (κ3) is 3.02. The summed E-state index contributed by atoms with van der Waals surface area (Å²) in [6.45, 7) is 3.14. The largest absolute Gasteiger partial charge is 0.333 e. The number of aromatic nitrogens is 4. The molecule has 1 N–H and O–H groups in total. The average molecular weight is 347 g/mol. The van der Waals surface area contributed by atoms with Crippen molar-refractivity contribution in [3.05, 3.63) is 47.5 Å². The first kappa shape index (κ1) is 16.1. The molecular formula is C17H19F2N5O. The summed E-state index contributed by atoms with van der Waals surface area (Å²) in [4.78, 5) is 8.46. The molecular weight excluding hydrogens is 328 g/mol. The minimum Gasteiger partial charge on any atom is -0.333 e. The van der Waals surface area contributed by atoms with Gasteiger partial charge >= 0.3 is 5.92 Å². The Kier molecular flexibility index (Phi) is 3.99. The van der Waals surface area contributed by atoms with E-state index in [1.165, 1.54) is 0 Å². The van der Waals surface area contributed by atoms with Crippen LogP contribution in [-0.2, 0) is 12.3 Å². The summed E-state index contributed by atoms with van der Waals surface area (Å²) in [5, 5.41) is 6.82. The topological polar surface area (TPSA) is 68.2 Å². The van der Waals surface area contributed by atoms with Crippen molar-refractivity contribution in [3.8, 4) is 0 Å². The molecule has 8 heteroatoms. The number of aryl methyl sites for hydroxylation is 1. The molecule has 0 unspecified atom stereocenters. The highest BCUT2D eigenvalue weighted by Crippen LogP contribution is 2.39. The number of alkyl halides is 2. The van der Waals surface area contributed by atoms with Crippen LogP contribution < -0.4 is 5.32 Å². The molecule has 4 heterocycles. The first-order valence-electron chi connectivity index (χ1n) is 8.39. The van der Waals surface area contributed by atoms with Gasteiger partial charge in [-0.2, -0.15) is 13.8 Å². The van der Waals surface area contributed by atoms with E-state index in [0.717, 1.165) is 11.2 Å². The van der Waals surface area contributed by atoms with E-state index < -0.39 is 17.7 Å². The van der Waals surface area contributed by atoms with Crippen LogP contribution in [0.1, 0.15) is 35.8 Å². The average Bonchev–Trinajstić information content (AvgIpc) is 3.24. The highest BCUT2D eigenvalue weighted by atomic mass is 19.3. The lowest BCUT2D eigenvalue weighted by Crippen LogP contribution is -2.36. The number of fused-ring (bicyclic) bond motifs is 1. The van der Waals surface area contributed by atoms with Crippen LogP contribution in [0.25, 0.3) is 5.65 Å². The minimum atomic E-state index is -3.09. The standard InChI is InChI=1S/C17H19F2N5O/c1-11-3-2-8-24-10-13(21-15(11)24)9-14-22-16(25-23-14)17(18,19)12-4-6-20-7-5-12/h2-3,8,10,12,20H,4-7,9H2,1H3. The molecule has 0 radical (unpaired) electrons. The van der Waals surface area contributed by atoms with Crippen LogP contribution in [0.2, 0.25) is 0 Å². The van der Waals surface area contributed by atoms with Crippen LogP contribution in [0.4, 0.5) is 8.78 Å². The molecule has 4 rings (SSSR count). The van der Waals surface area contributed by atoms with Gasteiger partial charge in [0, 0.05) is 18.3 Å². The van der Waals surface area contributed by atoms with E-state index in [4.69, 9.17) is 4.52 Å². The van der Waals surface area contributed by atoms with E-state index in [-0.39, 0.29) is 12.2 Å². The number of imidazole rings is 1. The van der Waals surface area contributed by atoms with Crippen molar-refractivity contribution >= 4 is 5.65 Å². The quantitative estimate of drug-likeness (QED) is 0.786. The van der Waals surface area contributed by atoms with Crippen LogP contribution in [0, 0.1) is 12.8 Å². The number of pyridine rings is 1. The van der Waals surface area contributed by atoms with Crippen LogP contribution in [0.5, 0.6) is 0 Å². The molecule has 3 aromatic rings. The maximum atomic E-state index is 14.6. The SMILES string of the molecule is Cc1cccn2cc(Cc3noc(C(F)(F)C4CCNCC4)n3)nc12. The zero-order valence-corrected chi connectivity index (χ0v) is 13.9. The molecule has 0 aliphatic carbocycles. The summed E-state index contributed by atoms with van der Waals surface area (Å²) in [5.74, 6) is -4.22. The van der Waals surface area contributed by atoms with Gasteiger partial charge in [-0.3, -0.25) is 0 Å². The third-order valence-electron chi connectivity index (χ3n) is 4.67. The number of hydrogen-bond donors (Lipinski definition) is 1. The second-order valence-electron chi connectivity index (χ2n) is 6.49. The van der Waals surface area contributed by atoms with Crippen LogP contribution in [0.15, 0.2) is 29.0 Å². The maximum absolute atomic E-state index is 14.6. The van der Waals surface area contributed by atoms with Crippen molar-refractivity contribution in [3.63, 3.8) is 0 Å². The molecule has 3 aromatic heterocycles. The highest BCUT2D eigenvalue weighted by Gasteiger charge is 2.46. The van der Waals surface area contributed by atoms with Crippen molar-refractivity contribution in [2.24, 2.45) is 5.92 Å². The Morgan fingerprint density at radius 1 is 1.32 bits per heavy atom. The smallest absolute Gasteiger partial charge is 0.327 e. The Morgan fingerprint density at radius 3 is 2.88 bits per heavy atom. The molecule has 0 saturated carbocycles. The van der Waals surface area contributed by atoms with Gasteiger partial charge in [0.25, 0.3) is 5.89 Å². The Morgan fingerprint density at radius 2 is 2.12 bits per heavy atom. The Hall–Kier alpha value is -2.35. The summed E-state index contributed by atoms with van der Waals surface area (Å²) in [6, 6.07) is 3.90. The van der Waals surface area contributed by atoms with E-state index in [1.807, 2.05) is 35.9 Å². The van der Waals surface area contributed by atoms with Gasteiger partial charge < -0.3 is 14.2 Å². The first-order chi connectivity index (χ1) is 12.0. The van der Waals surface area contributed by atoms with Crippen molar-refractivity contribution in [2.45, 2.75) is 32.1 Å². The van der Waals surface area contributed by atoms with Crippen LogP contribution in [-0.4, -0.2) is 32.6 Å². The number of nitrogens with one attached hydrogen (secondary N) is 1. The number of halogens is 2. The molecule has 0 bridgehead atoms. The van der Waals surface area contributed by atoms with Crippen molar-refractivity contribution in [2.75, 3.05) is 13.1 Å². The van der Waals surface area contributed by atoms with Crippen molar-refractivity contribution in [1.29, 1.82) is 0 Å². The molecule has 25 heavy (non-hydrogen) atoms. The third-order valence-corrected chi connectivity index (χ3v) is 4.67. The molecule has 0 spiro atoms. The molecule has 0 amide bonds. The van der Waals surface area contributed by atoms with E-state index in [1.54, 1.807) is 0 Å². The highest BCUT2D eigenvalue weighted by molar-refractivity contribution is 5.48. The second-order valence-corrected chi connectivity index (χ2v) is 6.49. The summed E-state index contributed by atoms with van der Waals surface area (Å²) >= 11 is 0. The van der Waals surface area contributed by atoms with Gasteiger partial charge in [0.2, 0.25) is 0 Å². The predicted octanol–water partition coefficient (Wildman–Crippen LogP) is 2.71. The molecule has 1 saturated heterocycles. The zero-order valence-electron chi connectivity index (χ0n) is 13.9. The summed E-state index contributed by atoms with van der Waals surface area (Å²) in [7, 11) is 0. The lowest BCUT2D eigenvalue weighted by Gasteiger charge is -2.27. The molecule has 1 aliphatic heterocycles. The number of hydrogen-bond acceptors (Lipinski definition) is 5. The normalized spacial score (nSPS) is 16.6. The summed E-state index contributed by atoms with van der Waals surface area (Å²) in [5.41, 5.74) is 2.59. The van der Waals surface area contributed by atoms with E-state index in [2.05, 4.69) is 20.4 Å². The summed E-state index contributed by atoms with van der Waals surface area (Å²) < 4.78 is 35.9. The van der Waals surface area contributed by atoms with E-state index >= 15 is 0 Å². The maximum Gasteiger partial charge on any atom is 0.327 e. The minimum absolute atomic E-state index is 0.227. The fourth-order valence-electron chi connectivity index (χ4n) is 3.27. The van der Waals surface area contributed by atoms with Gasteiger partial charge in [-0.05, 0) is 44.5 Å². The zero-order chi connectivity index (χ0) is 17.4. The lowest BCUT2D eigenvalue weighted by atomic mass is 9.91. The fourth-order valence-corrected chi connectivity index (χ4v) is 3.27. The first-order valence-corrected chi connectivity index (χ1v) is 8.39. The van der Waals surface area contributed by atoms with Gasteiger partial charge in [0.1, 0.15) is 5.65 Å². The summed E-state index contributed by atoms with van der Waals surface area (Å²) in [6.07, 6.45) is 4.80. The molecule has 0 aromatic carbocycles. The van der Waals surface area contributed by atoms with Gasteiger partial charge in [-0.1, -0.05) is 11.2 Å². The number of rotatable bonds is 4.